The van der Waals surface area contributed by atoms with Gasteiger partial charge in [-0.05, 0) is 61.1 Å². The molecule has 1 N–H and O–H groups in total. The van der Waals surface area contributed by atoms with E-state index in [0.29, 0.717) is 29.4 Å². The number of halogens is 2. The van der Waals surface area contributed by atoms with Crippen molar-refractivity contribution >= 4 is 33.2 Å². The molecule has 0 saturated carbocycles. The number of carbonyl (C=O) groups excluding carboxylic acids is 1. The van der Waals surface area contributed by atoms with Gasteiger partial charge in [-0.1, -0.05) is 31.5 Å². The third kappa shape index (κ3) is 4.63. The second-order valence-electron chi connectivity index (χ2n) is 7.78. The first kappa shape index (κ1) is 21.7. The number of piperidine rings is 1. The zero-order valence-electron chi connectivity index (χ0n) is 16.6. The molecule has 1 amide bonds. The summed E-state index contributed by atoms with van der Waals surface area (Å²) in [7, 11) is -3.82. The van der Waals surface area contributed by atoms with E-state index in [4.69, 9.17) is 11.6 Å². The van der Waals surface area contributed by atoms with Crippen LogP contribution in [0.15, 0.2) is 41.3 Å². The van der Waals surface area contributed by atoms with E-state index in [9.17, 15) is 17.6 Å². The predicted molar refractivity (Wildman–Crippen MR) is 112 cm³/mol. The van der Waals surface area contributed by atoms with Gasteiger partial charge in [-0.25, -0.2) is 12.8 Å². The van der Waals surface area contributed by atoms with Crippen LogP contribution in [-0.2, 0) is 10.0 Å². The first-order valence-electron chi connectivity index (χ1n) is 9.45. The van der Waals surface area contributed by atoms with Crippen LogP contribution >= 0.6 is 11.6 Å². The molecule has 3 rings (SSSR count). The molecular formula is C21H24ClFN2O3S. The molecule has 2 aromatic carbocycles. The second kappa shape index (κ2) is 8.42. The van der Waals surface area contributed by atoms with E-state index in [2.05, 4.69) is 5.32 Å². The lowest BCUT2D eigenvalue weighted by Crippen LogP contribution is -2.42. The Kier molecular flexibility index (Phi) is 6.31. The standard InChI is InChI=1S/C21H24ClFN2O3S/c1-13-9-14(2)12-25(11-13)29(27,28)16-7-8-19(23)17(10-16)21(26)24-20-6-4-5-18(22)15(20)3/h4-8,10,13-14H,9,11-12H2,1-3H3,(H,24,26)/t13-,14+. The fourth-order valence-corrected chi connectivity index (χ4v) is 5.60. The molecule has 8 heteroatoms. The number of carbonyl (C=O) groups is 1. The molecule has 0 spiro atoms. The van der Waals surface area contributed by atoms with Gasteiger partial charge in [0, 0.05) is 23.8 Å². The summed E-state index contributed by atoms with van der Waals surface area (Å²) in [6, 6.07) is 8.32. The molecule has 0 aliphatic carbocycles. The molecule has 2 aromatic rings. The number of anilines is 1. The largest absolute Gasteiger partial charge is 0.322 e. The third-order valence-corrected chi connectivity index (χ3v) is 7.41. The zero-order chi connectivity index (χ0) is 21.3. The Balaban J connectivity index is 1.91. The minimum absolute atomic E-state index is 0.0897. The van der Waals surface area contributed by atoms with Gasteiger partial charge in [-0.15, -0.1) is 0 Å². The van der Waals surface area contributed by atoms with Crippen LogP contribution in [0.25, 0.3) is 0 Å². The number of hydrogen-bond donors (Lipinski definition) is 1. The van der Waals surface area contributed by atoms with Gasteiger partial charge in [-0.3, -0.25) is 4.79 Å². The van der Waals surface area contributed by atoms with E-state index in [0.717, 1.165) is 18.6 Å². The third-order valence-electron chi connectivity index (χ3n) is 5.17. The maximum Gasteiger partial charge on any atom is 0.258 e. The average Bonchev–Trinajstić information content (AvgIpc) is 2.64. The topological polar surface area (TPSA) is 66.5 Å². The summed E-state index contributed by atoms with van der Waals surface area (Å²) < 4.78 is 41.9. The number of nitrogens with one attached hydrogen (secondary N) is 1. The van der Waals surface area contributed by atoms with Crippen LogP contribution in [0.4, 0.5) is 10.1 Å². The van der Waals surface area contributed by atoms with E-state index >= 15 is 0 Å². The number of rotatable bonds is 4. The fourth-order valence-electron chi connectivity index (χ4n) is 3.72. The second-order valence-corrected chi connectivity index (χ2v) is 10.1. The molecule has 1 heterocycles. The SMILES string of the molecule is Cc1c(Cl)cccc1NC(=O)c1cc(S(=O)(=O)N2C[C@H](C)C[C@H](C)C2)ccc1F. The van der Waals surface area contributed by atoms with E-state index in [1.165, 1.54) is 10.4 Å². The quantitative estimate of drug-likeness (QED) is 0.751. The molecule has 0 radical (unpaired) electrons. The molecule has 5 nitrogen and oxygen atoms in total. The molecule has 2 atom stereocenters. The lowest BCUT2D eigenvalue weighted by Gasteiger charge is -2.34. The van der Waals surface area contributed by atoms with Crippen LogP contribution in [0, 0.1) is 24.6 Å². The molecule has 0 bridgehead atoms. The number of nitrogens with zero attached hydrogens (tertiary/aromatic N) is 1. The minimum Gasteiger partial charge on any atom is -0.322 e. The van der Waals surface area contributed by atoms with Crippen molar-refractivity contribution in [3.8, 4) is 0 Å². The molecular weight excluding hydrogens is 415 g/mol. The van der Waals surface area contributed by atoms with Crippen LogP contribution in [0.1, 0.15) is 36.2 Å². The highest BCUT2D eigenvalue weighted by Gasteiger charge is 2.32. The molecule has 1 saturated heterocycles. The first-order valence-corrected chi connectivity index (χ1v) is 11.3. The molecule has 0 unspecified atom stereocenters. The minimum atomic E-state index is -3.82. The smallest absolute Gasteiger partial charge is 0.258 e. The highest BCUT2D eigenvalue weighted by atomic mass is 35.5. The summed E-state index contributed by atoms with van der Waals surface area (Å²) >= 11 is 6.06. The Bertz CT molecular complexity index is 1030. The van der Waals surface area contributed by atoms with Crippen molar-refractivity contribution in [2.75, 3.05) is 18.4 Å². The maximum absolute atomic E-state index is 14.4. The van der Waals surface area contributed by atoms with E-state index in [1.807, 2.05) is 13.8 Å². The van der Waals surface area contributed by atoms with Gasteiger partial charge in [0.05, 0.1) is 10.5 Å². The normalized spacial score (nSPS) is 20.4. The van der Waals surface area contributed by atoms with Crippen molar-refractivity contribution in [2.45, 2.75) is 32.1 Å². The van der Waals surface area contributed by atoms with Gasteiger partial charge in [0.2, 0.25) is 10.0 Å². The van der Waals surface area contributed by atoms with Crippen LogP contribution in [0.5, 0.6) is 0 Å². The first-order chi connectivity index (χ1) is 13.6. The Morgan fingerprint density at radius 2 is 1.83 bits per heavy atom. The van der Waals surface area contributed by atoms with Crippen LogP contribution in [0.2, 0.25) is 5.02 Å². The average molecular weight is 439 g/mol. The Morgan fingerprint density at radius 3 is 2.48 bits per heavy atom. The van der Waals surface area contributed by atoms with Crippen molar-refractivity contribution in [3.05, 3.63) is 58.4 Å². The van der Waals surface area contributed by atoms with Crippen molar-refractivity contribution in [1.29, 1.82) is 0 Å². The molecule has 1 aliphatic rings. The summed E-state index contributed by atoms with van der Waals surface area (Å²) in [4.78, 5) is 12.6. The Morgan fingerprint density at radius 1 is 1.17 bits per heavy atom. The molecule has 0 aromatic heterocycles. The fraction of sp³-hybridized carbons (Fsp3) is 0.381. The summed E-state index contributed by atoms with van der Waals surface area (Å²) in [6.07, 6.45) is 0.960. The van der Waals surface area contributed by atoms with Gasteiger partial charge >= 0.3 is 0 Å². The summed E-state index contributed by atoms with van der Waals surface area (Å²) in [5.41, 5.74) is 0.750. The van der Waals surface area contributed by atoms with Crippen molar-refractivity contribution in [1.82, 2.24) is 4.31 Å². The zero-order valence-corrected chi connectivity index (χ0v) is 18.1. The summed E-state index contributed by atoms with van der Waals surface area (Å²) in [6.45, 7) is 6.57. The van der Waals surface area contributed by atoms with Gasteiger partial charge < -0.3 is 5.32 Å². The Labute approximate surface area is 175 Å². The molecule has 1 aliphatic heterocycles. The van der Waals surface area contributed by atoms with Gasteiger partial charge in [0.15, 0.2) is 0 Å². The van der Waals surface area contributed by atoms with Crippen LogP contribution in [0.3, 0.4) is 0 Å². The van der Waals surface area contributed by atoms with Gasteiger partial charge in [-0.2, -0.15) is 4.31 Å². The lowest BCUT2D eigenvalue weighted by molar-refractivity contribution is 0.102. The number of amides is 1. The summed E-state index contributed by atoms with van der Waals surface area (Å²) in [5, 5.41) is 3.07. The van der Waals surface area contributed by atoms with Crippen LogP contribution < -0.4 is 5.32 Å². The lowest BCUT2D eigenvalue weighted by atomic mass is 9.94. The number of hydrogen-bond acceptors (Lipinski definition) is 3. The summed E-state index contributed by atoms with van der Waals surface area (Å²) in [5.74, 6) is -1.04. The monoisotopic (exact) mass is 438 g/mol. The van der Waals surface area contributed by atoms with Gasteiger partial charge in [0.1, 0.15) is 5.82 Å². The molecule has 1 fully saturated rings. The predicted octanol–water partition coefficient (Wildman–Crippen LogP) is 4.71. The van der Waals surface area contributed by atoms with E-state index in [1.54, 1.807) is 25.1 Å². The van der Waals surface area contributed by atoms with Crippen molar-refractivity contribution in [2.24, 2.45) is 11.8 Å². The molecule has 29 heavy (non-hydrogen) atoms. The van der Waals surface area contributed by atoms with E-state index < -0.39 is 21.7 Å². The van der Waals surface area contributed by atoms with Crippen LogP contribution in [-0.4, -0.2) is 31.7 Å². The Hall–Kier alpha value is -1.96. The van der Waals surface area contributed by atoms with Crippen molar-refractivity contribution < 1.29 is 17.6 Å². The van der Waals surface area contributed by atoms with Gasteiger partial charge in [0.25, 0.3) is 5.91 Å². The maximum atomic E-state index is 14.4. The van der Waals surface area contributed by atoms with Crippen molar-refractivity contribution in [3.63, 3.8) is 0 Å². The highest BCUT2D eigenvalue weighted by Crippen LogP contribution is 2.28. The number of sulfonamides is 1. The molecule has 156 valence electrons. The van der Waals surface area contributed by atoms with E-state index in [-0.39, 0.29) is 22.3 Å². The highest BCUT2D eigenvalue weighted by molar-refractivity contribution is 7.89. The number of benzene rings is 2.